The molecule has 1 heterocycles. The maximum absolute atomic E-state index is 12.1. The maximum Gasteiger partial charge on any atom is 0.240 e. The van der Waals surface area contributed by atoms with Gasteiger partial charge in [-0.05, 0) is 25.0 Å². The van der Waals surface area contributed by atoms with Crippen LogP contribution in [0.3, 0.4) is 0 Å². The number of imidazole rings is 1. The monoisotopic (exact) mass is 344 g/mol. The predicted octanol–water partition coefficient (Wildman–Crippen LogP) is 2.27. The third kappa shape index (κ3) is 5.31. The topological polar surface area (TPSA) is 76.0 Å². The molecule has 2 amide bonds. The van der Waals surface area contributed by atoms with Gasteiger partial charge in [-0.15, -0.1) is 0 Å². The van der Waals surface area contributed by atoms with Crippen LogP contribution in [0.1, 0.15) is 39.4 Å². The van der Waals surface area contributed by atoms with Crippen LogP contribution in [-0.4, -0.2) is 34.5 Å². The van der Waals surface area contributed by atoms with Crippen LogP contribution in [0, 0.1) is 5.92 Å². The summed E-state index contributed by atoms with van der Waals surface area (Å²) in [5, 5.41) is 5.83. The highest BCUT2D eigenvalue weighted by atomic mass is 16.2. The molecule has 0 aliphatic heterocycles. The largest absolute Gasteiger partial charge is 0.356 e. The fourth-order valence-corrected chi connectivity index (χ4v) is 2.62. The second-order valence-corrected chi connectivity index (χ2v) is 6.50. The number of rotatable bonds is 9. The SMILES string of the molecule is CCCNC(=O)Cn1c(CCCNC(=O)C(C)C)nc2ccccc21. The highest BCUT2D eigenvalue weighted by Crippen LogP contribution is 2.17. The lowest BCUT2D eigenvalue weighted by molar-refractivity contribution is -0.124. The van der Waals surface area contributed by atoms with Crippen molar-refractivity contribution in [3.8, 4) is 0 Å². The van der Waals surface area contributed by atoms with Crippen LogP contribution in [0.4, 0.5) is 0 Å². The summed E-state index contributed by atoms with van der Waals surface area (Å²) >= 11 is 0. The molecule has 2 aromatic rings. The van der Waals surface area contributed by atoms with Crippen molar-refractivity contribution in [1.82, 2.24) is 20.2 Å². The Morgan fingerprint density at radius 2 is 1.92 bits per heavy atom. The van der Waals surface area contributed by atoms with E-state index in [0.29, 0.717) is 19.5 Å². The van der Waals surface area contributed by atoms with Crippen LogP contribution in [0.15, 0.2) is 24.3 Å². The normalized spacial score (nSPS) is 11.0. The number of carbonyl (C=O) groups is 2. The van der Waals surface area contributed by atoms with Crippen molar-refractivity contribution in [1.29, 1.82) is 0 Å². The van der Waals surface area contributed by atoms with Crippen molar-refractivity contribution < 1.29 is 9.59 Å². The Balaban J connectivity index is 2.06. The Morgan fingerprint density at radius 3 is 2.64 bits per heavy atom. The van der Waals surface area contributed by atoms with Crippen LogP contribution in [0.25, 0.3) is 11.0 Å². The highest BCUT2D eigenvalue weighted by molar-refractivity contribution is 5.81. The number of hydrogen-bond donors (Lipinski definition) is 2. The standard InChI is InChI=1S/C19H28N4O2/c1-4-11-20-18(24)13-23-16-9-6-5-8-15(16)22-17(23)10-7-12-21-19(25)14(2)3/h5-6,8-9,14H,4,7,10-13H2,1-3H3,(H,20,24)(H,21,25). The Morgan fingerprint density at radius 1 is 1.16 bits per heavy atom. The number of amides is 2. The van der Waals surface area contributed by atoms with Gasteiger partial charge in [-0.1, -0.05) is 32.9 Å². The number of benzene rings is 1. The second kappa shape index (κ2) is 9.20. The van der Waals surface area contributed by atoms with Crippen molar-refractivity contribution >= 4 is 22.8 Å². The first-order chi connectivity index (χ1) is 12.0. The Labute approximate surface area is 149 Å². The molecule has 6 nitrogen and oxygen atoms in total. The molecule has 1 aromatic carbocycles. The van der Waals surface area contributed by atoms with Crippen LogP contribution >= 0.6 is 0 Å². The molecule has 0 fully saturated rings. The van der Waals surface area contributed by atoms with E-state index in [-0.39, 0.29) is 24.3 Å². The first kappa shape index (κ1) is 19.0. The van der Waals surface area contributed by atoms with Gasteiger partial charge < -0.3 is 15.2 Å². The minimum absolute atomic E-state index is 0.000589. The van der Waals surface area contributed by atoms with Crippen LogP contribution in [0.5, 0.6) is 0 Å². The van der Waals surface area contributed by atoms with Gasteiger partial charge in [0.1, 0.15) is 12.4 Å². The molecular weight excluding hydrogens is 316 g/mol. The molecular formula is C19H28N4O2. The Bertz CT molecular complexity index is 721. The summed E-state index contributed by atoms with van der Waals surface area (Å²) in [6.45, 7) is 7.36. The van der Waals surface area contributed by atoms with Gasteiger partial charge in [0.05, 0.1) is 11.0 Å². The summed E-state index contributed by atoms with van der Waals surface area (Å²) in [6.07, 6.45) is 2.42. The summed E-state index contributed by atoms with van der Waals surface area (Å²) in [4.78, 5) is 28.4. The van der Waals surface area contributed by atoms with Crippen LogP contribution in [-0.2, 0) is 22.6 Å². The number of aryl methyl sites for hydroxylation is 1. The van der Waals surface area contributed by atoms with E-state index in [1.54, 1.807) is 0 Å². The van der Waals surface area contributed by atoms with E-state index in [0.717, 1.165) is 29.7 Å². The van der Waals surface area contributed by atoms with Gasteiger partial charge >= 0.3 is 0 Å². The van der Waals surface area contributed by atoms with Gasteiger partial charge in [-0.25, -0.2) is 4.98 Å². The Hall–Kier alpha value is -2.37. The smallest absolute Gasteiger partial charge is 0.240 e. The molecule has 2 rings (SSSR count). The number of nitrogens with zero attached hydrogens (tertiary/aromatic N) is 2. The van der Waals surface area contributed by atoms with Gasteiger partial charge in [0.15, 0.2) is 0 Å². The molecule has 0 atom stereocenters. The van der Waals surface area contributed by atoms with Crippen molar-refractivity contribution in [3.05, 3.63) is 30.1 Å². The van der Waals surface area contributed by atoms with E-state index in [9.17, 15) is 9.59 Å². The van der Waals surface area contributed by atoms with E-state index in [1.165, 1.54) is 0 Å². The predicted molar refractivity (Wildman–Crippen MR) is 99.2 cm³/mol. The molecule has 136 valence electrons. The summed E-state index contributed by atoms with van der Waals surface area (Å²) in [6, 6.07) is 7.85. The molecule has 1 aromatic heterocycles. The summed E-state index contributed by atoms with van der Waals surface area (Å²) in [5.74, 6) is 0.935. The van der Waals surface area contributed by atoms with E-state index in [1.807, 2.05) is 49.6 Å². The van der Waals surface area contributed by atoms with Crippen molar-refractivity contribution in [2.45, 2.75) is 46.6 Å². The number of hydrogen-bond acceptors (Lipinski definition) is 3. The third-order valence-electron chi connectivity index (χ3n) is 4.01. The van der Waals surface area contributed by atoms with Crippen molar-refractivity contribution in [2.24, 2.45) is 5.92 Å². The average Bonchev–Trinajstić information content (AvgIpc) is 2.94. The lowest BCUT2D eigenvalue weighted by Gasteiger charge is -2.10. The highest BCUT2D eigenvalue weighted by Gasteiger charge is 2.13. The molecule has 6 heteroatoms. The molecule has 0 saturated heterocycles. The molecule has 0 radical (unpaired) electrons. The quantitative estimate of drug-likeness (QED) is 0.685. The van der Waals surface area contributed by atoms with Gasteiger partial charge in [-0.3, -0.25) is 9.59 Å². The zero-order valence-corrected chi connectivity index (χ0v) is 15.3. The first-order valence-electron chi connectivity index (χ1n) is 9.01. The number of para-hydroxylation sites is 2. The maximum atomic E-state index is 12.1. The molecule has 0 bridgehead atoms. The molecule has 0 aliphatic carbocycles. The van der Waals surface area contributed by atoms with E-state index >= 15 is 0 Å². The number of aromatic nitrogens is 2. The summed E-state index contributed by atoms with van der Waals surface area (Å²) in [7, 11) is 0. The van der Waals surface area contributed by atoms with E-state index in [4.69, 9.17) is 0 Å². The molecule has 0 unspecified atom stereocenters. The fourth-order valence-electron chi connectivity index (χ4n) is 2.62. The minimum atomic E-state index is -0.00756. The molecule has 25 heavy (non-hydrogen) atoms. The summed E-state index contributed by atoms with van der Waals surface area (Å²) < 4.78 is 1.98. The Kier molecular flexibility index (Phi) is 6.98. The molecule has 0 saturated carbocycles. The van der Waals surface area contributed by atoms with E-state index < -0.39 is 0 Å². The van der Waals surface area contributed by atoms with Gasteiger partial charge in [0.25, 0.3) is 0 Å². The number of fused-ring (bicyclic) bond motifs is 1. The first-order valence-corrected chi connectivity index (χ1v) is 9.01. The van der Waals surface area contributed by atoms with E-state index in [2.05, 4.69) is 15.6 Å². The van der Waals surface area contributed by atoms with Gasteiger partial charge in [0.2, 0.25) is 11.8 Å². The van der Waals surface area contributed by atoms with Crippen LogP contribution in [0.2, 0.25) is 0 Å². The van der Waals surface area contributed by atoms with Gasteiger partial charge in [-0.2, -0.15) is 0 Å². The number of nitrogens with one attached hydrogen (secondary N) is 2. The van der Waals surface area contributed by atoms with Gasteiger partial charge in [0, 0.05) is 25.4 Å². The fraction of sp³-hybridized carbons (Fsp3) is 0.526. The lowest BCUT2D eigenvalue weighted by atomic mass is 10.2. The van der Waals surface area contributed by atoms with Crippen LogP contribution < -0.4 is 10.6 Å². The summed E-state index contributed by atoms with van der Waals surface area (Å²) in [5.41, 5.74) is 1.86. The zero-order chi connectivity index (χ0) is 18.2. The van der Waals surface area contributed by atoms with Crippen molar-refractivity contribution in [2.75, 3.05) is 13.1 Å². The van der Waals surface area contributed by atoms with Crippen molar-refractivity contribution in [3.63, 3.8) is 0 Å². The number of carbonyl (C=O) groups excluding carboxylic acids is 2. The third-order valence-corrected chi connectivity index (χ3v) is 4.01. The average molecular weight is 344 g/mol. The molecule has 2 N–H and O–H groups in total. The second-order valence-electron chi connectivity index (χ2n) is 6.50. The molecule has 0 spiro atoms. The molecule has 0 aliphatic rings. The zero-order valence-electron chi connectivity index (χ0n) is 15.3. The minimum Gasteiger partial charge on any atom is -0.356 e. The lowest BCUT2D eigenvalue weighted by Crippen LogP contribution is -2.30.